The Kier molecular flexibility index (Phi) is 3.78. The van der Waals surface area contributed by atoms with Crippen molar-refractivity contribution in [2.45, 2.75) is 13.3 Å². The van der Waals surface area contributed by atoms with Gasteiger partial charge >= 0.3 is 5.82 Å². The highest BCUT2D eigenvalue weighted by Gasteiger charge is 2.23. The number of aromatic nitrogens is 2. The number of nitrogens with zero attached hydrogens (tertiary/aromatic N) is 3. The molecule has 2 aromatic heterocycles. The maximum atomic E-state index is 11.0. The number of aliphatic hydroxyl groups is 1. The van der Waals surface area contributed by atoms with E-state index in [0.29, 0.717) is 17.9 Å². The summed E-state index contributed by atoms with van der Waals surface area (Å²) >= 11 is 1.35. The minimum atomic E-state index is -0.439. The third-order valence-corrected chi connectivity index (χ3v) is 3.41. The summed E-state index contributed by atoms with van der Waals surface area (Å²) in [6.07, 6.45) is 2.29. The predicted molar refractivity (Wildman–Crippen MR) is 69.1 cm³/mol. The summed E-state index contributed by atoms with van der Waals surface area (Å²) in [5, 5.41) is 24.6. The lowest BCUT2D eigenvalue weighted by molar-refractivity contribution is -0.389. The lowest BCUT2D eigenvalue weighted by atomic mass is 10.1. The molecule has 0 aliphatic carbocycles. The van der Waals surface area contributed by atoms with Gasteiger partial charge in [0.05, 0.1) is 0 Å². The van der Waals surface area contributed by atoms with Gasteiger partial charge in [0.2, 0.25) is 5.82 Å². The topological polar surface area (TPSA) is 92.7 Å². The number of nitrogens with one attached hydrogen (secondary N) is 1. The molecule has 98 valence electrons. The van der Waals surface area contributed by atoms with Crippen molar-refractivity contribution in [2.24, 2.45) is 5.92 Å². The number of aliphatic hydroxyl groups excluding tert-OH is 1. The van der Waals surface area contributed by atoms with Crippen molar-refractivity contribution in [3.8, 4) is 0 Å². The third-order valence-electron chi connectivity index (χ3n) is 2.65. The Morgan fingerprint density at radius 2 is 2.50 bits per heavy atom. The average Bonchev–Trinajstić information content (AvgIpc) is 2.85. The number of fused-ring (bicyclic) bond motifs is 1. The molecule has 2 rings (SSSR count). The molecular formula is C10H14N4O3S. The Balaban J connectivity index is 2.19. The summed E-state index contributed by atoms with van der Waals surface area (Å²) in [4.78, 5) is 15.4. The number of nitro groups is 1. The van der Waals surface area contributed by atoms with Crippen LogP contribution in [-0.2, 0) is 0 Å². The first-order valence-corrected chi connectivity index (χ1v) is 6.46. The molecule has 0 radical (unpaired) electrons. The van der Waals surface area contributed by atoms with Crippen LogP contribution in [0.2, 0.25) is 0 Å². The zero-order valence-electron chi connectivity index (χ0n) is 9.87. The van der Waals surface area contributed by atoms with Gasteiger partial charge in [0, 0.05) is 18.5 Å². The van der Waals surface area contributed by atoms with Crippen LogP contribution in [0.4, 0.5) is 11.6 Å². The molecule has 8 heteroatoms. The zero-order chi connectivity index (χ0) is 13.1. The van der Waals surface area contributed by atoms with E-state index in [1.54, 1.807) is 11.6 Å². The molecule has 0 bridgehead atoms. The van der Waals surface area contributed by atoms with E-state index < -0.39 is 4.92 Å². The summed E-state index contributed by atoms with van der Waals surface area (Å²) < 4.78 is 1.46. The molecule has 2 heterocycles. The van der Waals surface area contributed by atoms with E-state index in [9.17, 15) is 10.1 Å². The highest BCUT2D eigenvalue weighted by molar-refractivity contribution is 7.15. The summed E-state index contributed by atoms with van der Waals surface area (Å²) in [5.41, 5.74) is 0. The Morgan fingerprint density at radius 3 is 3.17 bits per heavy atom. The molecule has 2 N–H and O–H groups in total. The normalized spacial score (nSPS) is 12.8. The van der Waals surface area contributed by atoms with Gasteiger partial charge in [-0.05, 0) is 17.3 Å². The molecule has 0 aliphatic heterocycles. The van der Waals surface area contributed by atoms with Crippen LogP contribution in [0.3, 0.4) is 0 Å². The van der Waals surface area contributed by atoms with Gasteiger partial charge in [-0.25, -0.2) is 0 Å². The lowest BCUT2D eigenvalue weighted by Gasteiger charge is -2.09. The van der Waals surface area contributed by atoms with Crippen molar-refractivity contribution >= 4 is 27.9 Å². The number of rotatable bonds is 6. The van der Waals surface area contributed by atoms with Gasteiger partial charge in [0.15, 0.2) is 0 Å². The van der Waals surface area contributed by atoms with E-state index in [2.05, 4.69) is 10.3 Å². The summed E-state index contributed by atoms with van der Waals surface area (Å²) in [5.74, 6) is 0.480. The van der Waals surface area contributed by atoms with Crippen LogP contribution < -0.4 is 5.32 Å². The highest BCUT2D eigenvalue weighted by Crippen LogP contribution is 2.28. The molecule has 18 heavy (non-hydrogen) atoms. The van der Waals surface area contributed by atoms with E-state index in [4.69, 9.17) is 5.11 Å². The van der Waals surface area contributed by atoms with E-state index in [1.807, 2.05) is 6.92 Å². The van der Waals surface area contributed by atoms with Gasteiger partial charge in [-0.15, -0.1) is 0 Å². The van der Waals surface area contributed by atoms with Crippen LogP contribution in [0.15, 0.2) is 11.6 Å². The van der Waals surface area contributed by atoms with E-state index >= 15 is 0 Å². The van der Waals surface area contributed by atoms with Gasteiger partial charge in [-0.3, -0.25) is 0 Å². The second-order valence-corrected chi connectivity index (χ2v) is 4.97. The minimum absolute atomic E-state index is 0.0394. The first-order valence-electron chi connectivity index (χ1n) is 5.58. The Morgan fingerprint density at radius 1 is 1.72 bits per heavy atom. The molecule has 0 spiro atoms. The zero-order valence-corrected chi connectivity index (χ0v) is 10.7. The van der Waals surface area contributed by atoms with Crippen LogP contribution in [0.25, 0.3) is 4.96 Å². The van der Waals surface area contributed by atoms with Gasteiger partial charge in [-0.2, -0.15) is 9.38 Å². The first kappa shape index (κ1) is 12.8. The van der Waals surface area contributed by atoms with Crippen molar-refractivity contribution in [3.63, 3.8) is 0 Å². The highest BCUT2D eigenvalue weighted by atomic mass is 32.1. The van der Waals surface area contributed by atoms with E-state index in [0.717, 1.165) is 0 Å². The first-order chi connectivity index (χ1) is 8.63. The monoisotopic (exact) mass is 270 g/mol. The second kappa shape index (κ2) is 5.32. The van der Waals surface area contributed by atoms with Crippen LogP contribution >= 0.6 is 11.3 Å². The molecule has 1 atom stereocenters. The van der Waals surface area contributed by atoms with Crippen LogP contribution in [0.5, 0.6) is 0 Å². The Labute approximate surface area is 107 Å². The minimum Gasteiger partial charge on any atom is -0.396 e. The largest absolute Gasteiger partial charge is 0.396 e. The second-order valence-electron chi connectivity index (χ2n) is 4.10. The van der Waals surface area contributed by atoms with Crippen molar-refractivity contribution in [2.75, 3.05) is 18.5 Å². The summed E-state index contributed by atoms with van der Waals surface area (Å²) in [6.45, 7) is 2.63. The van der Waals surface area contributed by atoms with Crippen molar-refractivity contribution < 1.29 is 10.0 Å². The molecule has 2 aromatic rings. The quantitative estimate of drug-likeness (QED) is 0.616. The fourth-order valence-electron chi connectivity index (χ4n) is 1.66. The van der Waals surface area contributed by atoms with Crippen LogP contribution in [-0.4, -0.2) is 32.6 Å². The van der Waals surface area contributed by atoms with E-state index in [1.165, 1.54) is 15.7 Å². The molecule has 0 aromatic carbocycles. The molecule has 7 nitrogen and oxygen atoms in total. The number of hydrogen-bond acceptors (Lipinski definition) is 6. The van der Waals surface area contributed by atoms with Gasteiger partial charge < -0.3 is 20.5 Å². The molecule has 0 amide bonds. The Hall–Kier alpha value is -1.67. The number of imidazole rings is 1. The molecule has 0 aliphatic rings. The molecule has 0 saturated carbocycles. The molecule has 1 unspecified atom stereocenters. The fraction of sp³-hybridized carbons (Fsp3) is 0.500. The third kappa shape index (κ3) is 2.44. The predicted octanol–water partition coefficient (Wildman–Crippen LogP) is 1.73. The fourth-order valence-corrected chi connectivity index (χ4v) is 2.37. The molecule has 0 fully saturated rings. The van der Waals surface area contributed by atoms with Crippen LogP contribution in [0, 0.1) is 16.0 Å². The Bertz CT molecular complexity index is 550. The van der Waals surface area contributed by atoms with Crippen molar-refractivity contribution in [1.29, 1.82) is 0 Å². The summed E-state index contributed by atoms with van der Waals surface area (Å²) in [7, 11) is 0. The van der Waals surface area contributed by atoms with Crippen LogP contribution in [0.1, 0.15) is 13.3 Å². The van der Waals surface area contributed by atoms with Crippen molar-refractivity contribution in [1.82, 2.24) is 9.38 Å². The van der Waals surface area contributed by atoms with E-state index in [-0.39, 0.29) is 24.2 Å². The SMILES string of the molecule is CC(CCO)CNc1nc2sccn2c1[N+](=O)[O-]. The lowest BCUT2D eigenvalue weighted by Crippen LogP contribution is -2.13. The maximum Gasteiger partial charge on any atom is 0.372 e. The molecule has 0 saturated heterocycles. The molecular weight excluding hydrogens is 256 g/mol. The van der Waals surface area contributed by atoms with Gasteiger partial charge in [0.25, 0.3) is 4.96 Å². The number of thiazole rings is 1. The smallest absolute Gasteiger partial charge is 0.372 e. The number of anilines is 1. The van der Waals surface area contributed by atoms with Gasteiger partial charge in [-0.1, -0.05) is 18.3 Å². The number of hydrogen-bond donors (Lipinski definition) is 2. The van der Waals surface area contributed by atoms with Crippen molar-refractivity contribution in [3.05, 3.63) is 21.7 Å². The maximum absolute atomic E-state index is 11.0. The standard InChI is InChI=1S/C10H14N4O3S/c1-7(2-4-15)6-11-8-9(14(16)17)13-3-5-18-10(13)12-8/h3,5,7,11,15H,2,4,6H2,1H3. The summed E-state index contributed by atoms with van der Waals surface area (Å²) in [6, 6.07) is 0. The average molecular weight is 270 g/mol. The van der Waals surface area contributed by atoms with Gasteiger partial charge in [0.1, 0.15) is 6.20 Å².